The first kappa shape index (κ1) is 19.1. The molecule has 0 aliphatic rings. The molecule has 0 saturated carbocycles. The van der Waals surface area contributed by atoms with Crippen LogP contribution in [0.1, 0.15) is 31.0 Å². The SMILES string of the molecule is CC(C)c1ccc(S(N)(=O)=O)cc1-c1ccc(C(F)(F)F)nc1I. The molecule has 4 nitrogen and oxygen atoms in total. The van der Waals surface area contributed by atoms with Crippen LogP contribution in [0.15, 0.2) is 35.2 Å². The van der Waals surface area contributed by atoms with Gasteiger partial charge in [-0.3, -0.25) is 0 Å². The molecule has 0 aliphatic heterocycles. The van der Waals surface area contributed by atoms with Crippen LogP contribution < -0.4 is 5.14 Å². The van der Waals surface area contributed by atoms with E-state index in [4.69, 9.17) is 5.14 Å². The first-order chi connectivity index (χ1) is 10.9. The molecule has 1 aromatic heterocycles. The highest BCUT2D eigenvalue weighted by atomic mass is 127. The molecule has 2 aromatic rings. The first-order valence-corrected chi connectivity index (χ1v) is 9.44. The number of nitrogens with zero attached hydrogens (tertiary/aromatic N) is 1. The zero-order chi connectivity index (χ0) is 18.3. The summed E-state index contributed by atoms with van der Waals surface area (Å²) in [4.78, 5) is 3.49. The van der Waals surface area contributed by atoms with Crippen LogP contribution in [-0.4, -0.2) is 13.4 Å². The van der Waals surface area contributed by atoms with Gasteiger partial charge in [-0.15, -0.1) is 0 Å². The number of hydrogen-bond acceptors (Lipinski definition) is 3. The second-order valence-corrected chi connectivity index (χ2v) is 8.06. The van der Waals surface area contributed by atoms with Gasteiger partial charge in [0.1, 0.15) is 9.39 Å². The molecule has 0 radical (unpaired) electrons. The summed E-state index contributed by atoms with van der Waals surface area (Å²) >= 11 is 1.71. The van der Waals surface area contributed by atoms with Crippen molar-refractivity contribution in [2.45, 2.75) is 30.8 Å². The minimum Gasteiger partial charge on any atom is -0.237 e. The Morgan fingerprint density at radius 3 is 2.21 bits per heavy atom. The summed E-state index contributed by atoms with van der Waals surface area (Å²) in [5, 5.41) is 5.16. The summed E-state index contributed by atoms with van der Waals surface area (Å²) in [6, 6.07) is 6.56. The predicted molar refractivity (Wildman–Crippen MR) is 92.9 cm³/mol. The molecule has 0 bridgehead atoms. The van der Waals surface area contributed by atoms with Crippen molar-refractivity contribution in [2.24, 2.45) is 5.14 Å². The largest absolute Gasteiger partial charge is 0.433 e. The van der Waals surface area contributed by atoms with Crippen LogP contribution >= 0.6 is 22.6 Å². The Morgan fingerprint density at radius 1 is 1.12 bits per heavy atom. The van der Waals surface area contributed by atoms with Gasteiger partial charge in [0.15, 0.2) is 0 Å². The summed E-state index contributed by atoms with van der Waals surface area (Å²) < 4.78 is 61.6. The number of nitrogens with two attached hydrogens (primary N) is 1. The maximum Gasteiger partial charge on any atom is 0.433 e. The van der Waals surface area contributed by atoms with Crippen molar-refractivity contribution in [1.82, 2.24) is 4.98 Å². The molecule has 0 spiro atoms. The number of halogens is 4. The molecule has 9 heteroatoms. The van der Waals surface area contributed by atoms with Gasteiger partial charge in [-0.2, -0.15) is 13.2 Å². The quantitative estimate of drug-likeness (QED) is 0.542. The van der Waals surface area contributed by atoms with E-state index < -0.39 is 21.9 Å². The summed E-state index contributed by atoms with van der Waals surface area (Å²) in [7, 11) is -3.92. The van der Waals surface area contributed by atoms with Crippen LogP contribution in [0.2, 0.25) is 0 Å². The molecule has 24 heavy (non-hydrogen) atoms. The van der Waals surface area contributed by atoms with Crippen molar-refractivity contribution in [3.05, 3.63) is 45.3 Å². The lowest BCUT2D eigenvalue weighted by Gasteiger charge is -2.16. The fraction of sp³-hybridized carbons (Fsp3) is 0.267. The molecular formula is C15H14F3IN2O2S. The van der Waals surface area contributed by atoms with Crippen molar-refractivity contribution in [2.75, 3.05) is 0 Å². The highest BCUT2D eigenvalue weighted by Crippen LogP contribution is 2.35. The number of primary sulfonamides is 1. The Hall–Kier alpha value is -1.20. The number of benzene rings is 1. The van der Waals surface area contributed by atoms with E-state index in [2.05, 4.69) is 4.98 Å². The highest BCUT2D eigenvalue weighted by Gasteiger charge is 2.33. The Balaban J connectivity index is 2.71. The molecule has 0 aliphatic carbocycles. The van der Waals surface area contributed by atoms with E-state index in [1.54, 1.807) is 28.7 Å². The Labute approximate surface area is 151 Å². The van der Waals surface area contributed by atoms with Crippen LogP contribution in [0.3, 0.4) is 0 Å². The molecule has 2 rings (SSSR count). The molecule has 0 amide bonds. The summed E-state index contributed by atoms with van der Waals surface area (Å²) in [5.74, 6) is 0.0348. The van der Waals surface area contributed by atoms with Crippen LogP contribution in [0.5, 0.6) is 0 Å². The molecule has 1 aromatic carbocycles. The minimum absolute atomic E-state index is 0.0348. The lowest BCUT2D eigenvalue weighted by Crippen LogP contribution is -2.13. The predicted octanol–water partition coefficient (Wildman–Crippen LogP) is 4.14. The van der Waals surface area contributed by atoms with Crippen LogP contribution in [-0.2, 0) is 16.2 Å². The number of aromatic nitrogens is 1. The van der Waals surface area contributed by atoms with Crippen molar-refractivity contribution in [3.63, 3.8) is 0 Å². The lowest BCUT2D eigenvalue weighted by atomic mass is 9.93. The molecule has 1 heterocycles. The molecular weight excluding hydrogens is 456 g/mol. The van der Waals surface area contributed by atoms with Gasteiger partial charge >= 0.3 is 6.18 Å². The summed E-state index contributed by atoms with van der Waals surface area (Å²) in [5.41, 5.74) is 0.728. The topological polar surface area (TPSA) is 73.1 Å². The van der Waals surface area contributed by atoms with Crippen molar-refractivity contribution in [3.8, 4) is 11.1 Å². The summed E-state index contributed by atoms with van der Waals surface area (Å²) in [6.45, 7) is 3.81. The van der Waals surface area contributed by atoms with E-state index in [1.807, 2.05) is 13.8 Å². The Kier molecular flexibility index (Phi) is 5.26. The van der Waals surface area contributed by atoms with Crippen LogP contribution in [0.25, 0.3) is 11.1 Å². The van der Waals surface area contributed by atoms with Crippen molar-refractivity contribution < 1.29 is 21.6 Å². The number of alkyl halides is 3. The molecule has 0 fully saturated rings. The lowest BCUT2D eigenvalue weighted by molar-refractivity contribution is -0.141. The van der Waals surface area contributed by atoms with Crippen molar-refractivity contribution in [1.29, 1.82) is 0 Å². The normalized spacial score (nSPS) is 12.7. The molecule has 0 saturated heterocycles. The van der Waals surface area contributed by atoms with Gasteiger partial charge in [-0.1, -0.05) is 19.9 Å². The van der Waals surface area contributed by atoms with Crippen molar-refractivity contribution >= 4 is 32.6 Å². The average Bonchev–Trinajstić information content (AvgIpc) is 2.44. The third-order valence-corrected chi connectivity index (χ3v) is 5.14. The van der Waals surface area contributed by atoms with E-state index in [-0.39, 0.29) is 14.5 Å². The second-order valence-electron chi connectivity index (χ2n) is 5.48. The third-order valence-electron chi connectivity index (χ3n) is 3.40. The zero-order valence-corrected chi connectivity index (χ0v) is 15.7. The van der Waals surface area contributed by atoms with Gasteiger partial charge in [-0.05, 0) is 63.9 Å². The zero-order valence-electron chi connectivity index (χ0n) is 12.7. The van der Waals surface area contributed by atoms with Gasteiger partial charge in [-0.25, -0.2) is 18.5 Å². The number of pyridine rings is 1. The minimum atomic E-state index is -4.54. The molecule has 0 unspecified atom stereocenters. The van der Waals surface area contributed by atoms with E-state index >= 15 is 0 Å². The van der Waals surface area contributed by atoms with Gasteiger partial charge < -0.3 is 0 Å². The Morgan fingerprint density at radius 2 is 1.75 bits per heavy atom. The Bertz CT molecular complexity index is 881. The molecule has 130 valence electrons. The molecule has 2 N–H and O–H groups in total. The fourth-order valence-electron chi connectivity index (χ4n) is 2.24. The van der Waals surface area contributed by atoms with Crippen LogP contribution in [0, 0.1) is 3.70 Å². The number of hydrogen-bond donors (Lipinski definition) is 1. The maximum atomic E-state index is 12.8. The smallest absolute Gasteiger partial charge is 0.237 e. The maximum absolute atomic E-state index is 12.8. The van der Waals surface area contributed by atoms with E-state index in [0.717, 1.165) is 11.6 Å². The summed E-state index contributed by atoms with van der Waals surface area (Å²) in [6.07, 6.45) is -4.54. The van der Waals surface area contributed by atoms with Gasteiger partial charge in [0, 0.05) is 5.56 Å². The first-order valence-electron chi connectivity index (χ1n) is 6.82. The van der Waals surface area contributed by atoms with Crippen LogP contribution in [0.4, 0.5) is 13.2 Å². The second kappa shape index (κ2) is 6.60. The van der Waals surface area contributed by atoms with Gasteiger partial charge in [0.2, 0.25) is 10.0 Å². The fourth-order valence-corrected chi connectivity index (χ4v) is 3.51. The van der Waals surface area contributed by atoms with Gasteiger partial charge in [0.05, 0.1) is 4.90 Å². The standard InChI is InChI=1S/C15H14F3IN2O2S/c1-8(2)10-4-3-9(24(20,22)23)7-12(10)11-5-6-13(15(16,17)18)21-14(11)19/h3-8H,1-2H3,(H2,20,22,23). The van der Waals surface area contributed by atoms with E-state index in [0.29, 0.717) is 11.1 Å². The van der Waals surface area contributed by atoms with E-state index in [1.165, 1.54) is 18.2 Å². The monoisotopic (exact) mass is 470 g/mol. The van der Waals surface area contributed by atoms with E-state index in [9.17, 15) is 21.6 Å². The average molecular weight is 470 g/mol. The number of rotatable bonds is 3. The third kappa shape index (κ3) is 4.06. The van der Waals surface area contributed by atoms with Gasteiger partial charge in [0.25, 0.3) is 0 Å². The number of sulfonamides is 1. The highest BCUT2D eigenvalue weighted by molar-refractivity contribution is 14.1. The molecule has 0 atom stereocenters.